The second-order valence-electron chi connectivity index (χ2n) is 6.17. The van der Waals surface area contributed by atoms with E-state index in [9.17, 15) is 4.79 Å². The van der Waals surface area contributed by atoms with Crippen molar-refractivity contribution in [1.82, 2.24) is 10.2 Å². The Morgan fingerprint density at radius 2 is 2.10 bits per heavy atom. The topological polar surface area (TPSA) is 41.6 Å². The first-order valence-electron chi connectivity index (χ1n) is 7.88. The monoisotopic (exact) mass is 288 g/mol. The zero-order chi connectivity index (χ0) is 14.7. The van der Waals surface area contributed by atoms with Gasteiger partial charge in [-0.15, -0.1) is 0 Å². The summed E-state index contributed by atoms with van der Waals surface area (Å²) in [5.74, 6) is 0.251. The fourth-order valence-corrected chi connectivity index (χ4v) is 2.78. The van der Waals surface area contributed by atoms with Crippen molar-refractivity contribution in [3.05, 3.63) is 35.4 Å². The number of aryl methyl sites for hydroxylation is 1. The number of carbonyl (C=O) groups excluding carboxylic acids is 1. The third kappa shape index (κ3) is 4.05. The summed E-state index contributed by atoms with van der Waals surface area (Å²) in [5, 5.41) is 3.36. The van der Waals surface area contributed by atoms with Gasteiger partial charge in [0.15, 0.2) is 0 Å². The highest BCUT2D eigenvalue weighted by Crippen LogP contribution is 2.29. The molecule has 4 nitrogen and oxygen atoms in total. The highest BCUT2D eigenvalue weighted by molar-refractivity contribution is 5.77. The Hall–Kier alpha value is -1.39. The lowest BCUT2D eigenvalue weighted by molar-refractivity contribution is -0.133. The maximum atomic E-state index is 12.6. The zero-order valence-electron chi connectivity index (χ0n) is 12.7. The number of ether oxygens (including phenoxy) is 1. The van der Waals surface area contributed by atoms with Gasteiger partial charge in [0.2, 0.25) is 5.91 Å². The van der Waals surface area contributed by atoms with E-state index in [1.807, 2.05) is 0 Å². The number of hydrogen-bond donors (Lipinski definition) is 1. The van der Waals surface area contributed by atoms with Gasteiger partial charge in [-0.3, -0.25) is 4.79 Å². The van der Waals surface area contributed by atoms with E-state index in [-0.39, 0.29) is 11.9 Å². The number of nitrogens with one attached hydrogen (secondary N) is 1. The average Bonchev–Trinajstić information content (AvgIpc) is 3.32. The number of amides is 1. The summed E-state index contributed by atoms with van der Waals surface area (Å²) in [7, 11) is 0. The summed E-state index contributed by atoms with van der Waals surface area (Å²) in [6.07, 6.45) is 2.83. The Morgan fingerprint density at radius 3 is 2.71 bits per heavy atom. The summed E-state index contributed by atoms with van der Waals surface area (Å²) in [5.41, 5.74) is 2.47. The smallest absolute Gasteiger partial charge is 0.224 e. The Labute approximate surface area is 126 Å². The molecular weight excluding hydrogens is 264 g/mol. The molecule has 1 N–H and O–H groups in total. The molecular formula is C17H24N2O2. The molecule has 114 valence electrons. The molecule has 1 aromatic rings. The maximum absolute atomic E-state index is 12.6. The normalized spacial score (nSPS) is 22.0. The van der Waals surface area contributed by atoms with Crippen LogP contribution in [-0.2, 0) is 16.1 Å². The summed E-state index contributed by atoms with van der Waals surface area (Å²) < 4.78 is 5.44. The average molecular weight is 288 g/mol. The van der Waals surface area contributed by atoms with E-state index in [1.54, 1.807) is 0 Å². The van der Waals surface area contributed by atoms with Crippen molar-refractivity contribution in [1.29, 1.82) is 0 Å². The molecule has 1 aliphatic carbocycles. The van der Waals surface area contributed by atoms with Gasteiger partial charge in [-0.1, -0.05) is 29.8 Å². The molecule has 0 aromatic heterocycles. The minimum absolute atomic E-state index is 0.172. The second kappa shape index (κ2) is 6.58. The van der Waals surface area contributed by atoms with E-state index < -0.39 is 0 Å². The van der Waals surface area contributed by atoms with E-state index in [2.05, 4.69) is 41.4 Å². The predicted molar refractivity (Wildman–Crippen MR) is 82.0 cm³/mol. The molecule has 0 spiro atoms. The van der Waals surface area contributed by atoms with Crippen LogP contribution in [0, 0.1) is 6.92 Å². The van der Waals surface area contributed by atoms with Crippen LogP contribution in [0.5, 0.6) is 0 Å². The molecule has 3 rings (SSSR count). The van der Waals surface area contributed by atoms with E-state index in [0.29, 0.717) is 19.1 Å². The Balaban J connectivity index is 1.60. The standard InChI is InChI=1S/C17H24N2O2/c1-13-2-4-14(5-3-13)11-19(16-6-7-16)17(20)10-15-12-21-9-8-18-15/h2-5,15-16,18H,6-12H2,1H3. The molecule has 1 atom stereocenters. The van der Waals surface area contributed by atoms with Gasteiger partial charge < -0.3 is 15.0 Å². The van der Waals surface area contributed by atoms with Gasteiger partial charge in [-0.25, -0.2) is 0 Å². The van der Waals surface area contributed by atoms with Crippen molar-refractivity contribution in [2.75, 3.05) is 19.8 Å². The minimum atomic E-state index is 0.172. The highest BCUT2D eigenvalue weighted by Gasteiger charge is 2.33. The molecule has 1 heterocycles. The van der Waals surface area contributed by atoms with Crippen molar-refractivity contribution in [3.8, 4) is 0 Å². The van der Waals surface area contributed by atoms with Crippen molar-refractivity contribution >= 4 is 5.91 Å². The first kappa shape index (κ1) is 14.5. The van der Waals surface area contributed by atoms with E-state index >= 15 is 0 Å². The van der Waals surface area contributed by atoms with Crippen LogP contribution in [0.1, 0.15) is 30.4 Å². The van der Waals surface area contributed by atoms with Crippen LogP contribution in [0.2, 0.25) is 0 Å². The van der Waals surface area contributed by atoms with Crippen LogP contribution in [0.3, 0.4) is 0 Å². The van der Waals surface area contributed by atoms with Gasteiger partial charge in [0.05, 0.1) is 13.2 Å². The van der Waals surface area contributed by atoms with Crippen LogP contribution >= 0.6 is 0 Å². The number of carbonyl (C=O) groups is 1. The zero-order valence-corrected chi connectivity index (χ0v) is 12.7. The molecule has 4 heteroatoms. The molecule has 1 saturated heterocycles. The van der Waals surface area contributed by atoms with Gasteiger partial charge in [0.25, 0.3) is 0 Å². The van der Waals surface area contributed by atoms with Gasteiger partial charge in [-0.05, 0) is 25.3 Å². The number of rotatable bonds is 5. The molecule has 0 radical (unpaired) electrons. The molecule has 1 unspecified atom stereocenters. The molecule has 2 aliphatic rings. The Morgan fingerprint density at radius 1 is 1.33 bits per heavy atom. The lowest BCUT2D eigenvalue weighted by Gasteiger charge is -2.28. The maximum Gasteiger partial charge on any atom is 0.224 e. The molecule has 1 aromatic carbocycles. The quantitative estimate of drug-likeness (QED) is 0.899. The lowest BCUT2D eigenvalue weighted by Crippen LogP contribution is -2.45. The number of nitrogens with zero attached hydrogens (tertiary/aromatic N) is 1. The van der Waals surface area contributed by atoms with Crippen LogP contribution in [0.25, 0.3) is 0 Å². The fourth-order valence-electron chi connectivity index (χ4n) is 2.78. The van der Waals surface area contributed by atoms with Crippen LogP contribution < -0.4 is 5.32 Å². The Bertz CT molecular complexity index is 476. The van der Waals surface area contributed by atoms with Gasteiger partial charge in [0.1, 0.15) is 0 Å². The van der Waals surface area contributed by atoms with E-state index in [0.717, 1.165) is 32.5 Å². The molecule has 2 fully saturated rings. The van der Waals surface area contributed by atoms with Crippen molar-refractivity contribution in [3.63, 3.8) is 0 Å². The van der Waals surface area contributed by atoms with E-state index in [1.165, 1.54) is 11.1 Å². The van der Waals surface area contributed by atoms with Crippen molar-refractivity contribution in [2.24, 2.45) is 0 Å². The van der Waals surface area contributed by atoms with E-state index in [4.69, 9.17) is 4.74 Å². The van der Waals surface area contributed by atoms with Gasteiger partial charge in [0, 0.05) is 31.6 Å². The Kier molecular flexibility index (Phi) is 4.56. The van der Waals surface area contributed by atoms with Gasteiger partial charge >= 0.3 is 0 Å². The van der Waals surface area contributed by atoms with Crippen molar-refractivity contribution in [2.45, 2.75) is 44.8 Å². The molecule has 1 saturated carbocycles. The molecule has 1 aliphatic heterocycles. The molecule has 21 heavy (non-hydrogen) atoms. The molecule has 1 amide bonds. The fraction of sp³-hybridized carbons (Fsp3) is 0.588. The second-order valence-corrected chi connectivity index (χ2v) is 6.17. The van der Waals surface area contributed by atoms with Crippen LogP contribution in [0.4, 0.5) is 0 Å². The first-order chi connectivity index (χ1) is 10.2. The number of hydrogen-bond acceptors (Lipinski definition) is 3. The SMILES string of the molecule is Cc1ccc(CN(C(=O)CC2COCCN2)C2CC2)cc1. The number of morpholine rings is 1. The third-order valence-electron chi connectivity index (χ3n) is 4.20. The lowest BCUT2D eigenvalue weighted by atomic mass is 10.1. The predicted octanol–water partition coefficient (Wildman–Crippen LogP) is 1.86. The van der Waals surface area contributed by atoms with Crippen molar-refractivity contribution < 1.29 is 9.53 Å². The van der Waals surface area contributed by atoms with Crippen LogP contribution in [0.15, 0.2) is 24.3 Å². The largest absolute Gasteiger partial charge is 0.378 e. The summed E-state index contributed by atoms with van der Waals surface area (Å²) in [6, 6.07) is 9.09. The van der Waals surface area contributed by atoms with Gasteiger partial charge in [-0.2, -0.15) is 0 Å². The first-order valence-corrected chi connectivity index (χ1v) is 7.88. The summed E-state index contributed by atoms with van der Waals surface area (Å²) in [4.78, 5) is 14.7. The minimum Gasteiger partial charge on any atom is -0.378 e. The molecule has 0 bridgehead atoms. The summed E-state index contributed by atoms with van der Waals surface area (Å²) >= 11 is 0. The third-order valence-corrected chi connectivity index (χ3v) is 4.20. The highest BCUT2D eigenvalue weighted by atomic mass is 16.5. The summed E-state index contributed by atoms with van der Waals surface area (Å²) in [6.45, 7) is 5.06. The number of benzene rings is 1. The van der Waals surface area contributed by atoms with Crippen LogP contribution in [-0.4, -0.2) is 42.6 Å².